The van der Waals surface area contributed by atoms with Crippen molar-refractivity contribution in [2.75, 3.05) is 7.11 Å². The van der Waals surface area contributed by atoms with Crippen molar-refractivity contribution in [3.63, 3.8) is 0 Å². The van der Waals surface area contributed by atoms with Gasteiger partial charge in [-0.3, -0.25) is 0 Å². The lowest BCUT2D eigenvalue weighted by Crippen LogP contribution is -2.04. The van der Waals surface area contributed by atoms with E-state index in [9.17, 15) is 0 Å². The second-order valence-corrected chi connectivity index (χ2v) is 8.72. The summed E-state index contributed by atoms with van der Waals surface area (Å²) in [5.41, 5.74) is 4.72. The maximum absolute atomic E-state index is 5.24. The zero-order valence-corrected chi connectivity index (χ0v) is 19.0. The second-order valence-electron chi connectivity index (χ2n) is 6.92. The first-order valence-corrected chi connectivity index (χ1v) is 11.7. The van der Waals surface area contributed by atoms with Gasteiger partial charge >= 0.3 is 0 Å². The second kappa shape index (κ2) is 9.45. The number of rotatable bonds is 8. The Balaban J connectivity index is 1.45. The van der Waals surface area contributed by atoms with Gasteiger partial charge in [0.1, 0.15) is 16.6 Å². The number of methoxy groups -OCH3 is 1. The third-order valence-electron chi connectivity index (χ3n) is 4.91. The Morgan fingerprint density at radius 3 is 2.60 bits per heavy atom. The number of hydrogen-bond acceptors (Lipinski definition) is 6. The third-order valence-corrected chi connectivity index (χ3v) is 6.83. The summed E-state index contributed by atoms with van der Waals surface area (Å²) in [5, 5.41) is 13.0. The van der Waals surface area contributed by atoms with E-state index in [0.29, 0.717) is 0 Å². The van der Waals surface area contributed by atoms with Crippen LogP contribution >= 0.6 is 23.1 Å². The summed E-state index contributed by atoms with van der Waals surface area (Å²) in [6.07, 6.45) is 0.750. The molecule has 2 aromatic carbocycles. The van der Waals surface area contributed by atoms with E-state index in [1.165, 1.54) is 16.7 Å². The first-order chi connectivity index (χ1) is 14.7. The Kier molecular flexibility index (Phi) is 6.50. The highest BCUT2D eigenvalue weighted by Crippen LogP contribution is 2.29. The van der Waals surface area contributed by atoms with Crippen LogP contribution in [0.1, 0.15) is 29.6 Å². The monoisotopic (exact) mass is 436 g/mol. The topological polar surface area (TPSA) is 52.8 Å². The van der Waals surface area contributed by atoms with Gasteiger partial charge in [-0.05, 0) is 37.1 Å². The van der Waals surface area contributed by atoms with Crippen LogP contribution < -0.4 is 4.74 Å². The minimum atomic E-state index is 0.750. The Bertz CT molecular complexity index is 1120. The summed E-state index contributed by atoms with van der Waals surface area (Å²) in [4.78, 5) is 4.83. The molecule has 4 aromatic rings. The summed E-state index contributed by atoms with van der Waals surface area (Å²) in [6.45, 7) is 5.09. The van der Waals surface area contributed by atoms with Crippen LogP contribution in [0.3, 0.4) is 0 Å². The van der Waals surface area contributed by atoms with Crippen molar-refractivity contribution < 1.29 is 4.74 Å². The normalized spacial score (nSPS) is 11.0. The molecule has 2 heterocycles. The molecule has 0 bridgehead atoms. The number of aryl methyl sites for hydroxylation is 1. The summed E-state index contributed by atoms with van der Waals surface area (Å²) >= 11 is 3.38. The Hall–Kier alpha value is -2.64. The van der Waals surface area contributed by atoms with Crippen LogP contribution in [0.15, 0.2) is 59.1 Å². The summed E-state index contributed by atoms with van der Waals surface area (Å²) in [5.74, 6) is 2.62. The molecule has 30 heavy (non-hydrogen) atoms. The Morgan fingerprint density at radius 1 is 1.07 bits per heavy atom. The average molecular weight is 437 g/mol. The molecule has 0 amide bonds. The van der Waals surface area contributed by atoms with Crippen LogP contribution in [0.5, 0.6) is 5.75 Å². The molecule has 0 fully saturated rings. The predicted molar refractivity (Wildman–Crippen MR) is 123 cm³/mol. The molecule has 0 radical (unpaired) electrons. The van der Waals surface area contributed by atoms with Gasteiger partial charge in [-0.25, -0.2) is 4.98 Å². The lowest BCUT2D eigenvalue weighted by atomic mass is 10.1. The molecule has 0 saturated heterocycles. The maximum atomic E-state index is 5.24. The third kappa shape index (κ3) is 4.57. The number of ether oxygens (including phenoxy) is 1. The van der Waals surface area contributed by atoms with E-state index >= 15 is 0 Å². The molecule has 0 atom stereocenters. The van der Waals surface area contributed by atoms with E-state index in [4.69, 9.17) is 9.72 Å². The lowest BCUT2D eigenvalue weighted by molar-refractivity contribution is 0.414. The molecule has 154 valence electrons. The molecule has 0 saturated carbocycles. The van der Waals surface area contributed by atoms with Gasteiger partial charge < -0.3 is 9.30 Å². The summed E-state index contributed by atoms with van der Waals surface area (Å²) < 4.78 is 7.42. The average Bonchev–Trinajstić information content (AvgIpc) is 3.40. The number of hydrogen-bond donors (Lipinski definition) is 0. The van der Waals surface area contributed by atoms with Crippen molar-refractivity contribution in [3.05, 3.63) is 76.6 Å². The number of nitrogens with zero attached hydrogens (tertiary/aromatic N) is 4. The van der Waals surface area contributed by atoms with E-state index in [1.807, 2.05) is 12.1 Å². The number of thiazole rings is 1. The van der Waals surface area contributed by atoms with Gasteiger partial charge in [-0.1, -0.05) is 48.2 Å². The lowest BCUT2D eigenvalue weighted by Gasteiger charge is -2.07. The van der Waals surface area contributed by atoms with E-state index in [1.54, 1.807) is 30.2 Å². The molecule has 4 rings (SSSR count). The summed E-state index contributed by atoms with van der Waals surface area (Å²) in [6, 6.07) is 16.5. The van der Waals surface area contributed by atoms with Gasteiger partial charge in [0.2, 0.25) is 0 Å². The first kappa shape index (κ1) is 20.6. The van der Waals surface area contributed by atoms with Gasteiger partial charge in [0.15, 0.2) is 5.16 Å². The van der Waals surface area contributed by atoms with Crippen molar-refractivity contribution in [3.8, 4) is 16.3 Å². The van der Waals surface area contributed by atoms with Gasteiger partial charge in [-0.2, -0.15) is 0 Å². The van der Waals surface area contributed by atoms with Crippen LogP contribution in [0, 0.1) is 6.92 Å². The van der Waals surface area contributed by atoms with Crippen LogP contribution in [0.25, 0.3) is 10.6 Å². The van der Waals surface area contributed by atoms with Crippen LogP contribution in [-0.4, -0.2) is 26.9 Å². The molecular formula is C23H24N4OS2. The molecule has 0 aliphatic carbocycles. The molecule has 5 nitrogen and oxygen atoms in total. The molecule has 0 unspecified atom stereocenters. The predicted octanol–water partition coefficient (Wildman–Crippen LogP) is 5.62. The standard InChI is InChI=1S/C23H24N4OS2/c1-4-27-21(13-17-9-11-19(28-3)12-10-17)25-26-23(27)30-15-18-14-29-22(24-18)20-8-6-5-7-16(20)2/h5-12,14H,4,13,15H2,1-3H3. The maximum Gasteiger partial charge on any atom is 0.191 e. The molecule has 0 aliphatic rings. The van der Waals surface area contributed by atoms with Crippen molar-refractivity contribution in [1.82, 2.24) is 19.7 Å². The van der Waals surface area contributed by atoms with E-state index in [-0.39, 0.29) is 0 Å². The van der Waals surface area contributed by atoms with Crippen molar-refractivity contribution in [2.45, 2.75) is 37.7 Å². The highest BCUT2D eigenvalue weighted by Gasteiger charge is 2.14. The van der Waals surface area contributed by atoms with E-state index in [2.05, 4.69) is 70.4 Å². The molecule has 0 aliphatic heterocycles. The van der Waals surface area contributed by atoms with Crippen molar-refractivity contribution in [1.29, 1.82) is 0 Å². The number of benzene rings is 2. The minimum absolute atomic E-state index is 0.750. The van der Waals surface area contributed by atoms with Crippen LogP contribution in [-0.2, 0) is 18.7 Å². The van der Waals surface area contributed by atoms with E-state index < -0.39 is 0 Å². The number of thioether (sulfide) groups is 1. The van der Waals surface area contributed by atoms with Gasteiger partial charge in [-0.15, -0.1) is 21.5 Å². The summed E-state index contributed by atoms with van der Waals surface area (Å²) in [7, 11) is 1.68. The van der Waals surface area contributed by atoms with Gasteiger partial charge in [0.05, 0.1) is 12.8 Å². The Labute approximate surface area is 185 Å². The largest absolute Gasteiger partial charge is 0.497 e. The van der Waals surface area contributed by atoms with Gasteiger partial charge in [0, 0.05) is 29.7 Å². The highest BCUT2D eigenvalue weighted by atomic mass is 32.2. The fraction of sp³-hybridized carbons (Fsp3) is 0.261. The Morgan fingerprint density at radius 2 is 1.87 bits per heavy atom. The minimum Gasteiger partial charge on any atom is -0.497 e. The molecule has 0 N–H and O–H groups in total. The first-order valence-electron chi connectivity index (χ1n) is 9.86. The number of aromatic nitrogens is 4. The molecule has 2 aromatic heterocycles. The molecule has 0 spiro atoms. The van der Waals surface area contributed by atoms with E-state index in [0.717, 1.165) is 46.2 Å². The molecular weight excluding hydrogens is 412 g/mol. The van der Waals surface area contributed by atoms with Crippen LogP contribution in [0.2, 0.25) is 0 Å². The van der Waals surface area contributed by atoms with Crippen molar-refractivity contribution >= 4 is 23.1 Å². The SMILES string of the molecule is CCn1c(Cc2ccc(OC)cc2)nnc1SCc1csc(-c2ccccc2C)n1. The zero-order valence-electron chi connectivity index (χ0n) is 17.3. The quantitative estimate of drug-likeness (QED) is 0.336. The smallest absolute Gasteiger partial charge is 0.191 e. The fourth-order valence-electron chi connectivity index (χ4n) is 3.25. The highest BCUT2D eigenvalue weighted by molar-refractivity contribution is 7.98. The van der Waals surface area contributed by atoms with Crippen molar-refractivity contribution in [2.24, 2.45) is 0 Å². The zero-order chi connectivity index (χ0) is 20.9. The van der Waals surface area contributed by atoms with Crippen LogP contribution in [0.4, 0.5) is 0 Å². The van der Waals surface area contributed by atoms with Gasteiger partial charge in [0.25, 0.3) is 0 Å². The molecule has 7 heteroatoms. The fourth-order valence-corrected chi connectivity index (χ4v) is 5.18.